The van der Waals surface area contributed by atoms with E-state index in [2.05, 4.69) is 9.90 Å². The van der Waals surface area contributed by atoms with Crippen LogP contribution in [0.15, 0.2) is 4.58 Å². The number of carbonyl (C=O) groups excluding carboxylic acids is 1. The maximum atomic E-state index is 11.1. The van der Waals surface area contributed by atoms with Crippen LogP contribution in [0.1, 0.15) is 45.4 Å². The molecule has 1 amide bonds. The van der Waals surface area contributed by atoms with Crippen molar-refractivity contribution >= 4 is 17.9 Å². The first-order valence-electron chi connectivity index (χ1n) is 7.39. The van der Waals surface area contributed by atoms with Gasteiger partial charge in [-0.3, -0.25) is 4.79 Å². The zero-order chi connectivity index (χ0) is 13.5. The Morgan fingerprint density at radius 3 is 2.26 bits per heavy atom. The van der Waals surface area contributed by atoms with Crippen molar-refractivity contribution in [1.29, 1.82) is 0 Å². The van der Waals surface area contributed by atoms with Gasteiger partial charge in [0.1, 0.15) is 0 Å². The van der Waals surface area contributed by atoms with Gasteiger partial charge in [0.25, 0.3) is 0 Å². The fourth-order valence-corrected chi connectivity index (χ4v) is 6.10. The summed E-state index contributed by atoms with van der Waals surface area (Å²) in [5.74, 6) is 3.08. The summed E-state index contributed by atoms with van der Waals surface area (Å²) in [6.07, 6.45) is 7.40. The van der Waals surface area contributed by atoms with Gasteiger partial charge in [-0.25, -0.2) is 0 Å². The van der Waals surface area contributed by atoms with Crippen LogP contribution in [0.2, 0.25) is 0 Å². The maximum absolute atomic E-state index is 11.1. The second-order valence-electron chi connectivity index (χ2n) is 6.66. The minimum atomic E-state index is 0.0115. The molecule has 4 bridgehead atoms. The third-order valence-electron chi connectivity index (χ3n) is 5.62. The van der Waals surface area contributed by atoms with E-state index in [9.17, 15) is 9.70 Å². The molecule has 0 saturated heterocycles. The van der Waals surface area contributed by atoms with E-state index >= 15 is 0 Å². The van der Waals surface area contributed by atoms with Crippen molar-refractivity contribution < 1.29 is 4.79 Å². The number of amides is 1. The lowest BCUT2D eigenvalue weighted by Gasteiger charge is -2.60. The molecule has 0 aliphatic heterocycles. The van der Waals surface area contributed by atoms with Crippen LogP contribution >= 0.6 is 11.9 Å². The summed E-state index contributed by atoms with van der Waals surface area (Å²) in [6, 6.07) is 0. The number of carbonyl (C=O) groups is 1. The van der Waals surface area contributed by atoms with Crippen molar-refractivity contribution in [2.24, 2.45) is 28.3 Å². The lowest BCUT2D eigenvalue weighted by Crippen LogP contribution is -2.56. The second kappa shape index (κ2) is 5.08. The predicted molar refractivity (Wildman–Crippen MR) is 76.5 cm³/mol. The Bertz CT molecular complexity index is 358. The van der Waals surface area contributed by atoms with Crippen molar-refractivity contribution in [2.45, 2.75) is 50.2 Å². The number of nitroso groups, excluding NO2 is 1. The van der Waals surface area contributed by atoms with Crippen molar-refractivity contribution in [3.8, 4) is 0 Å². The van der Waals surface area contributed by atoms with E-state index in [0.717, 1.165) is 18.3 Å². The number of hydrogen-bond acceptors (Lipinski definition) is 4. The quantitative estimate of drug-likeness (QED) is 0.622. The number of rotatable bonds is 5. The minimum Gasteiger partial charge on any atom is -0.356 e. The molecule has 0 unspecified atom stereocenters. The molecular weight excluding hydrogens is 260 g/mol. The number of hydrogen-bond donors (Lipinski definition) is 1. The number of nitrogens with one attached hydrogen (secondary N) is 1. The highest BCUT2D eigenvalue weighted by Gasteiger charge is 2.57. The molecule has 106 valence electrons. The van der Waals surface area contributed by atoms with Gasteiger partial charge in [-0.15, -0.1) is 4.91 Å². The summed E-state index contributed by atoms with van der Waals surface area (Å²) >= 11 is 1.28. The summed E-state index contributed by atoms with van der Waals surface area (Å²) < 4.78 is 3.22. The van der Waals surface area contributed by atoms with E-state index in [1.807, 2.05) is 0 Å². The van der Waals surface area contributed by atoms with E-state index < -0.39 is 0 Å². The van der Waals surface area contributed by atoms with Crippen molar-refractivity contribution in [3.05, 3.63) is 4.91 Å². The Labute approximate surface area is 118 Å². The fourth-order valence-electron chi connectivity index (χ4n) is 5.09. The van der Waals surface area contributed by atoms with Crippen LogP contribution in [0, 0.1) is 28.6 Å². The van der Waals surface area contributed by atoms with E-state index in [1.54, 1.807) is 6.92 Å². The summed E-state index contributed by atoms with van der Waals surface area (Å²) in [5.41, 5.74) is 0. The van der Waals surface area contributed by atoms with Crippen LogP contribution in [-0.4, -0.2) is 17.2 Å². The summed E-state index contributed by atoms with van der Waals surface area (Å²) in [5, 5.41) is 2.89. The molecular formula is C14H22N2O2S. The summed E-state index contributed by atoms with van der Waals surface area (Å²) in [4.78, 5) is 22.0. The Morgan fingerprint density at radius 1 is 1.21 bits per heavy atom. The van der Waals surface area contributed by atoms with Crippen LogP contribution in [0.5, 0.6) is 0 Å². The second-order valence-corrected chi connectivity index (χ2v) is 7.75. The molecule has 0 aromatic heterocycles. The van der Waals surface area contributed by atoms with Gasteiger partial charge in [0.15, 0.2) is 0 Å². The highest BCUT2D eigenvalue weighted by molar-refractivity contribution is 7.99. The van der Waals surface area contributed by atoms with Crippen LogP contribution in [0.4, 0.5) is 0 Å². The maximum Gasteiger partial charge on any atom is 0.216 e. The van der Waals surface area contributed by atoms with Gasteiger partial charge in [-0.2, -0.15) is 0 Å². The molecule has 19 heavy (non-hydrogen) atoms. The lowest BCUT2D eigenvalue weighted by atomic mass is 9.51. The monoisotopic (exact) mass is 282 g/mol. The Morgan fingerprint density at radius 2 is 1.79 bits per heavy atom. The molecule has 1 N–H and O–H groups in total. The molecule has 0 aromatic rings. The molecule has 4 rings (SSSR count). The van der Waals surface area contributed by atoms with E-state index in [4.69, 9.17) is 0 Å². The SMILES string of the molecule is CC(=O)NCCC1(SN=O)C2CC3CC(C2)CC1C3. The van der Waals surface area contributed by atoms with Crippen LogP contribution in [-0.2, 0) is 4.79 Å². The predicted octanol–water partition coefficient (Wildman–Crippen LogP) is 3.12. The van der Waals surface area contributed by atoms with Crippen LogP contribution in [0.25, 0.3) is 0 Å². The van der Waals surface area contributed by atoms with Crippen LogP contribution < -0.4 is 5.32 Å². The Hall–Kier alpha value is -0.580. The summed E-state index contributed by atoms with van der Waals surface area (Å²) in [7, 11) is 0. The van der Waals surface area contributed by atoms with Gasteiger partial charge in [0, 0.05) is 34.7 Å². The molecule has 4 aliphatic carbocycles. The first kappa shape index (κ1) is 13.4. The van der Waals surface area contributed by atoms with Gasteiger partial charge < -0.3 is 5.32 Å². The molecule has 5 heteroatoms. The average Bonchev–Trinajstić information content (AvgIpc) is 2.34. The van der Waals surface area contributed by atoms with Gasteiger partial charge in [-0.05, 0) is 62.2 Å². The van der Waals surface area contributed by atoms with Gasteiger partial charge in [-0.1, -0.05) is 0 Å². The van der Waals surface area contributed by atoms with Crippen molar-refractivity contribution in [2.75, 3.05) is 6.54 Å². The molecule has 0 radical (unpaired) electrons. The minimum absolute atomic E-state index is 0.0115. The fraction of sp³-hybridized carbons (Fsp3) is 0.929. The number of nitrogens with zero attached hydrogens (tertiary/aromatic N) is 1. The summed E-state index contributed by atoms with van der Waals surface area (Å²) in [6.45, 7) is 2.23. The smallest absolute Gasteiger partial charge is 0.216 e. The highest BCUT2D eigenvalue weighted by Crippen LogP contribution is 2.64. The molecule has 4 nitrogen and oxygen atoms in total. The lowest BCUT2D eigenvalue weighted by molar-refractivity contribution is -0.119. The highest BCUT2D eigenvalue weighted by atomic mass is 32.2. The van der Waals surface area contributed by atoms with E-state index in [1.165, 1.54) is 44.1 Å². The molecule has 4 fully saturated rings. The molecule has 0 aromatic carbocycles. The Kier molecular flexibility index (Phi) is 3.58. The largest absolute Gasteiger partial charge is 0.356 e. The molecule has 0 heterocycles. The molecule has 0 spiro atoms. The molecule has 4 saturated carbocycles. The van der Waals surface area contributed by atoms with Gasteiger partial charge in [0.05, 0.1) is 0 Å². The molecule has 4 aliphatic rings. The molecule has 0 atom stereocenters. The zero-order valence-corrected chi connectivity index (χ0v) is 12.2. The Balaban J connectivity index is 1.75. The standard InChI is InChI=1S/C14H22N2O2S/c1-9(17)15-3-2-14(19-16-18)12-5-10-4-11(7-12)8-13(14)6-10/h10-13H,2-8H2,1H3,(H,15,17). The van der Waals surface area contributed by atoms with E-state index in [0.29, 0.717) is 18.4 Å². The average molecular weight is 282 g/mol. The van der Waals surface area contributed by atoms with Gasteiger partial charge in [0.2, 0.25) is 5.91 Å². The third-order valence-corrected chi connectivity index (χ3v) is 6.90. The van der Waals surface area contributed by atoms with Crippen molar-refractivity contribution in [1.82, 2.24) is 5.32 Å². The first-order chi connectivity index (χ1) is 9.14. The normalized spacial score (nSPS) is 43.2. The van der Waals surface area contributed by atoms with Crippen LogP contribution in [0.3, 0.4) is 0 Å². The zero-order valence-electron chi connectivity index (χ0n) is 11.4. The first-order valence-corrected chi connectivity index (χ1v) is 8.16. The van der Waals surface area contributed by atoms with E-state index in [-0.39, 0.29) is 10.7 Å². The third kappa shape index (κ3) is 2.30. The van der Waals surface area contributed by atoms with Crippen molar-refractivity contribution in [3.63, 3.8) is 0 Å². The van der Waals surface area contributed by atoms with Gasteiger partial charge >= 0.3 is 0 Å². The topological polar surface area (TPSA) is 58.5 Å².